The molecule has 212 valence electrons. The number of esters is 1. The van der Waals surface area contributed by atoms with Crippen LogP contribution in [0.4, 0.5) is 4.79 Å². The molecule has 0 bridgehead atoms. The molecule has 0 saturated carbocycles. The molecule has 0 aliphatic heterocycles. The van der Waals surface area contributed by atoms with Crippen molar-refractivity contribution in [3.63, 3.8) is 0 Å². The highest BCUT2D eigenvalue weighted by Gasteiger charge is 2.32. The van der Waals surface area contributed by atoms with Gasteiger partial charge in [0.2, 0.25) is 0 Å². The Morgan fingerprint density at radius 1 is 0.683 bits per heavy atom. The van der Waals surface area contributed by atoms with Crippen LogP contribution in [0.3, 0.4) is 0 Å². The Morgan fingerprint density at radius 3 is 1.73 bits per heavy atom. The summed E-state index contributed by atoms with van der Waals surface area (Å²) < 4.78 is 22.5. The van der Waals surface area contributed by atoms with Gasteiger partial charge in [-0.05, 0) is 41.3 Å². The van der Waals surface area contributed by atoms with Crippen LogP contribution in [0.2, 0.25) is 0 Å². The van der Waals surface area contributed by atoms with E-state index in [0.29, 0.717) is 23.7 Å². The third-order valence-electron chi connectivity index (χ3n) is 6.13. The van der Waals surface area contributed by atoms with Gasteiger partial charge in [-0.15, -0.1) is 0 Å². The second-order valence-electron chi connectivity index (χ2n) is 9.14. The van der Waals surface area contributed by atoms with Gasteiger partial charge in [0, 0.05) is 0 Å². The van der Waals surface area contributed by atoms with Crippen LogP contribution in [-0.4, -0.2) is 29.8 Å². The van der Waals surface area contributed by atoms with E-state index in [9.17, 15) is 14.7 Å². The lowest BCUT2D eigenvalue weighted by Crippen LogP contribution is -2.46. The molecule has 2 atom stereocenters. The number of rotatable bonds is 13. The van der Waals surface area contributed by atoms with Crippen molar-refractivity contribution in [3.05, 3.63) is 131 Å². The third-order valence-corrected chi connectivity index (χ3v) is 6.13. The number of aliphatic hydroxyl groups excluding tert-OH is 1. The molecular weight excluding hydrogens is 522 g/mol. The first-order chi connectivity index (χ1) is 20.0. The lowest BCUT2D eigenvalue weighted by Gasteiger charge is -2.23. The van der Waals surface area contributed by atoms with Crippen LogP contribution in [0.15, 0.2) is 109 Å². The summed E-state index contributed by atoms with van der Waals surface area (Å²) in [5.41, 5.74) is 3.02. The van der Waals surface area contributed by atoms with E-state index in [-0.39, 0.29) is 19.8 Å². The number of carbonyl (C=O) groups is 2. The van der Waals surface area contributed by atoms with E-state index in [2.05, 4.69) is 5.32 Å². The Labute approximate surface area is 239 Å². The van der Waals surface area contributed by atoms with Crippen LogP contribution < -0.4 is 14.8 Å². The van der Waals surface area contributed by atoms with Gasteiger partial charge in [-0.25, -0.2) is 9.59 Å². The molecule has 4 aromatic rings. The summed E-state index contributed by atoms with van der Waals surface area (Å²) in [6.07, 6.45) is -2.32. The van der Waals surface area contributed by atoms with Gasteiger partial charge in [-0.3, -0.25) is 0 Å². The molecule has 41 heavy (non-hydrogen) atoms. The van der Waals surface area contributed by atoms with Crippen molar-refractivity contribution in [2.45, 2.75) is 38.9 Å². The number of aliphatic hydroxyl groups is 1. The quantitative estimate of drug-likeness (QED) is 0.203. The minimum atomic E-state index is -1.46. The van der Waals surface area contributed by atoms with Crippen LogP contribution >= 0.6 is 0 Å². The minimum absolute atomic E-state index is 0.00321. The zero-order chi connectivity index (χ0) is 28.9. The van der Waals surface area contributed by atoms with E-state index >= 15 is 0 Å². The number of hydrogen-bond acceptors (Lipinski definition) is 7. The molecule has 0 unspecified atom stereocenters. The maximum absolute atomic E-state index is 12.8. The van der Waals surface area contributed by atoms with Gasteiger partial charge in [0.15, 0.2) is 17.5 Å². The number of amides is 1. The first kappa shape index (κ1) is 29.2. The van der Waals surface area contributed by atoms with Gasteiger partial charge in [-0.2, -0.15) is 0 Å². The molecule has 0 saturated heterocycles. The predicted octanol–water partition coefficient (Wildman–Crippen LogP) is 5.74. The molecule has 0 fully saturated rings. The molecular formula is C33H33NO7. The van der Waals surface area contributed by atoms with Crippen LogP contribution in [-0.2, 0) is 34.1 Å². The van der Waals surface area contributed by atoms with E-state index in [4.69, 9.17) is 18.9 Å². The lowest BCUT2D eigenvalue weighted by atomic mass is 10.0. The maximum Gasteiger partial charge on any atom is 0.408 e. The predicted molar refractivity (Wildman–Crippen MR) is 153 cm³/mol. The van der Waals surface area contributed by atoms with Crippen molar-refractivity contribution in [1.82, 2.24) is 5.32 Å². The molecule has 8 nitrogen and oxygen atoms in total. The largest absolute Gasteiger partial charge is 0.485 e. The summed E-state index contributed by atoms with van der Waals surface area (Å²) in [5, 5.41) is 13.7. The van der Waals surface area contributed by atoms with E-state index in [1.807, 2.05) is 91.0 Å². The molecule has 4 aromatic carbocycles. The fraction of sp³-hybridized carbons (Fsp3) is 0.212. The van der Waals surface area contributed by atoms with Gasteiger partial charge in [0.25, 0.3) is 0 Å². The van der Waals surface area contributed by atoms with Gasteiger partial charge < -0.3 is 29.4 Å². The van der Waals surface area contributed by atoms with Crippen molar-refractivity contribution in [3.8, 4) is 11.5 Å². The summed E-state index contributed by atoms with van der Waals surface area (Å²) >= 11 is 0. The van der Waals surface area contributed by atoms with Gasteiger partial charge >= 0.3 is 12.1 Å². The summed E-state index contributed by atoms with van der Waals surface area (Å²) in [6.45, 7) is 2.28. The molecule has 1 amide bonds. The highest BCUT2D eigenvalue weighted by molar-refractivity contribution is 5.82. The second-order valence-corrected chi connectivity index (χ2v) is 9.14. The molecule has 0 aliphatic carbocycles. The summed E-state index contributed by atoms with van der Waals surface area (Å²) in [5.74, 6) is 0.0343. The fourth-order valence-electron chi connectivity index (χ4n) is 3.99. The molecule has 0 aromatic heterocycles. The lowest BCUT2D eigenvalue weighted by molar-refractivity contribution is -0.148. The number of nitrogens with one attached hydrogen (secondary N) is 1. The van der Waals surface area contributed by atoms with Crippen LogP contribution in [0.1, 0.15) is 35.3 Å². The topological polar surface area (TPSA) is 103 Å². The number of ether oxygens (including phenoxy) is 4. The molecule has 0 heterocycles. The first-order valence-electron chi connectivity index (χ1n) is 13.3. The van der Waals surface area contributed by atoms with Crippen LogP contribution in [0.5, 0.6) is 11.5 Å². The second kappa shape index (κ2) is 15.1. The van der Waals surface area contributed by atoms with Crippen molar-refractivity contribution >= 4 is 12.1 Å². The fourth-order valence-corrected chi connectivity index (χ4v) is 3.99. The van der Waals surface area contributed by atoms with Crippen molar-refractivity contribution in [1.29, 1.82) is 0 Å². The number of hydrogen-bond donors (Lipinski definition) is 2. The zero-order valence-corrected chi connectivity index (χ0v) is 22.8. The number of benzene rings is 4. The molecule has 0 spiro atoms. The summed E-state index contributed by atoms with van der Waals surface area (Å²) in [7, 11) is 0. The highest BCUT2D eigenvalue weighted by Crippen LogP contribution is 2.33. The van der Waals surface area contributed by atoms with Crippen LogP contribution in [0, 0.1) is 0 Å². The highest BCUT2D eigenvalue weighted by atomic mass is 16.6. The summed E-state index contributed by atoms with van der Waals surface area (Å²) in [4.78, 5) is 25.4. The smallest absolute Gasteiger partial charge is 0.408 e. The minimum Gasteiger partial charge on any atom is -0.485 e. The molecule has 0 radical (unpaired) electrons. The van der Waals surface area contributed by atoms with Crippen LogP contribution in [0.25, 0.3) is 0 Å². The number of carbonyl (C=O) groups excluding carboxylic acids is 2. The molecule has 2 N–H and O–H groups in total. The zero-order valence-electron chi connectivity index (χ0n) is 22.8. The van der Waals surface area contributed by atoms with Crippen molar-refractivity contribution in [2.75, 3.05) is 6.61 Å². The average molecular weight is 556 g/mol. The van der Waals surface area contributed by atoms with E-state index in [1.54, 1.807) is 25.1 Å². The maximum atomic E-state index is 12.8. The Bertz CT molecular complexity index is 1380. The van der Waals surface area contributed by atoms with Gasteiger partial charge in [-0.1, -0.05) is 97.1 Å². The normalized spacial score (nSPS) is 12.0. The first-order valence-corrected chi connectivity index (χ1v) is 13.3. The van der Waals surface area contributed by atoms with E-state index in [0.717, 1.165) is 16.7 Å². The standard InChI is InChI=1S/C33H33NO7/c1-2-38-32(36)30(34-33(37)41-23-26-16-10-5-11-17-26)31(35)27-18-19-28(39-21-24-12-6-3-7-13-24)29(20-27)40-22-25-14-8-4-9-15-25/h3-20,30-31,35H,2,21-23H2,1H3,(H,34,37)/t30-,31+/m0/s1. The number of alkyl carbamates (subject to hydrolysis) is 1. The molecule has 4 rings (SSSR count). The Hall–Kier alpha value is -4.82. The molecule has 0 aliphatic rings. The Kier molecular flexibility index (Phi) is 10.7. The van der Waals surface area contributed by atoms with E-state index < -0.39 is 24.2 Å². The Morgan fingerprint density at radius 2 is 1.20 bits per heavy atom. The van der Waals surface area contributed by atoms with Crippen molar-refractivity contribution in [2.24, 2.45) is 0 Å². The molecule has 8 heteroatoms. The average Bonchev–Trinajstić information content (AvgIpc) is 3.02. The van der Waals surface area contributed by atoms with Gasteiger partial charge in [0.1, 0.15) is 25.9 Å². The monoisotopic (exact) mass is 555 g/mol. The third kappa shape index (κ3) is 8.84. The Balaban J connectivity index is 1.53. The summed E-state index contributed by atoms with van der Waals surface area (Å²) in [6, 6.07) is 31.9. The SMILES string of the molecule is CCOC(=O)[C@@H](NC(=O)OCc1ccccc1)[C@H](O)c1ccc(OCc2ccccc2)c(OCc2ccccc2)c1. The van der Waals surface area contributed by atoms with Gasteiger partial charge in [0.05, 0.1) is 6.61 Å². The van der Waals surface area contributed by atoms with E-state index in [1.165, 1.54) is 0 Å². The van der Waals surface area contributed by atoms with Crippen molar-refractivity contribution < 1.29 is 33.6 Å².